The number of nitrogens with zero attached hydrogens (tertiary/aromatic N) is 1. The predicted molar refractivity (Wildman–Crippen MR) is 87.2 cm³/mol. The molecule has 0 fully saturated rings. The van der Waals surface area contributed by atoms with E-state index in [4.69, 9.17) is 28.3 Å². The molecule has 0 saturated heterocycles. The molecule has 1 unspecified atom stereocenters. The molecule has 1 aromatic heterocycles. The van der Waals surface area contributed by atoms with Crippen molar-refractivity contribution in [2.45, 2.75) is 18.9 Å². The summed E-state index contributed by atoms with van der Waals surface area (Å²) in [7, 11) is 0. The smallest absolute Gasteiger partial charge is 0.271 e. The molecule has 1 heterocycles. The maximum Gasteiger partial charge on any atom is 0.271 e. The van der Waals surface area contributed by atoms with Gasteiger partial charge in [0.1, 0.15) is 10.8 Å². The summed E-state index contributed by atoms with van der Waals surface area (Å²) in [6.45, 7) is 0.0649. The predicted octanol–water partition coefficient (Wildman–Crippen LogP) is 3.63. The molecule has 0 bridgehead atoms. The Bertz CT molecular complexity index is 635. The van der Waals surface area contributed by atoms with Crippen LogP contribution >= 0.6 is 23.2 Å². The van der Waals surface area contributed by atoms with Gasteiger partial charge in [0.2, 0.25) is 0 Å². The average molecular weight is 339 g/mol. The number of hydrogen-bond acceptors (Lipinski definition) is 3. The van der Waals surface area contributed by atoms with Gasteiger partial charge in [0.25, 0.3) is 5.91 Å². The van der Waals surface area contributed by atoms with Gasteiger partial charge < -0.3 is 10.4 Å². The summed E-state index contributed by atoms with van der Waals surface area (Å²) in [6.07, 6.45) is 1.20. The number of rotatable bonds is 6. The summed E-state index contributed by atoms with van der Waals surface area (Å²) in [5.41, 5.74) is 1.06. The Labute approximate surface area is 139 Å². The summed E-state index contributed by atoms with van der Waals surface area (Å²) >= 11 is 11.8. The Morgan fingerprint density at radius 2 is 1.91 bits per heavy atom. The molecule has 2 N–H and O–H groups in total. The second-order valence-corrected chi connectivity index (χ2v) is 5.56. The molecule has 2 aromatic rings. The van der Waals surface area contributed by atoms with E-state index in [1.165, 1.54) is 12.1 Å². The first-order chi connectivity index (χ1) is 10.6. The van der Waals surface area contributed by atoms with Crippen molar-refractivity contribution in [1.29, 1.82) is 0 Å². The lowest BCUT2D eigenvalue weighted by molar-refractivity contribution is 0.0927. The zero-order valence-electron chi connectivity index (χ0n) is 11.8. The standard InChI is InChI=1S/C16H16Cl2N2O2/c17-12-8-9-14(18)20-15(12)16(22)19-13(7-4-10-21)11-5-2-1-3-6-11/h1-3,5-6,8-9,13,21H,4,7,10H2,(H,19,22). The van der Waals surface area contributed by atoms with Crippen molar-refractivity contribution in [3.8, 4) is 0 Å². The molecule has 0 spiro atoms. The highest BCUT2D eigenvalue weighted by molar-refractivity contribution is 6.34. The molecule has 2 rings (SSSR count). The van der Waals surface area contributed by atoms with E-state index in [0.29, 0.717) is 12.8 Å². The van der Waals surface area contributed by atoms with Crippen LogP contribution in [-0.4, -0.2) is 22.6 Å². The number of amides is 1. The number of halogens is 2. The van der Waals surface area contributed by atoms with Crippen LogP contribution in [0.2, 0.25) is 10.2 Å². The maximum absolute atomic E-state index is 12.4. The van der Waals surface area contributed by atoms with E-state index in [1.54, 1.807) is 0 Å². The number of hydrogen-bond donors (Lipinski definition) is 2. The molecular formula is C16H16Cl2N2O2. The van der Waals surface area contributed by atoms with E-state index in [-0.39, 0.29) is 34.4 Å². The number of carbonyl (C=O) groups excluding carboxylic acids is 1. The quantitative estimate of drug-likeness (QED) is 0.790. The fourth-order valence-corrected chi connectivity index (χ4v) is 2.45. The summed E-state index contributed by atoms with van der Waals surface area (Å²) in [5, 5.41) is 12.4. The van der Waals surface area contributed by atoms with E-state index >= 15 is 0 Å². The first-order valence-electron chi connectivity index (χ1n) is 6.90. The molecule has 0 aliphatic rings. The third-order valence-corrected chi connectivity index (χ3v) is 3.70. The minimum Gasteiger partial charge on any atom is -0.396 e. The molecule has 4 nitrogen and oxygen atoms in total. The van der Waals surface area contributed by atoms with Crippen LogP contribution in [0.5, 0.6) is 0 Å². The van der Waals surface area contributed by atoms with Crippen LogP contribution in [0.25, 0.3) is 0 Å². The molecule has 6 heteroatoms. The van der Waals surface area contributed by atoms with Crippen molar-refractivity contribution in [2.24, 2.45) is 0 Å². The van der Waals surface area contributed by atoms with Crippen LogP contribution in [0.1, 0.15) is 34.9 Å². The molecule has 0 radical (unpaired) electrons. The van der Waals surface area contributed by atoms with Gasteiger partial charge in [0.15, 0.2) is 0 Å². The minimum absolute atomic E-state index is 0.0649. The van der Waals surface area contributed by atoms with Crippen molar-refractivity contribution < 1.29 is 9.90 Å². The van der Waals surface area contributed by atoms with Crippen LogP contribution in [0, 0.1) is 0 Å². The number of aliphatic hydroxyl groups is 1. The van der Waals surface area contributed by atoms with Gasteiger partial charge in [0.05, 0.1) is 11.1 Å². The van der Waals surface area contributed by atoms with Crippen LogP contribution in [0.15, 0.2) is 42.5 Å². The number of pyridine rings is 1. The lowest BCUT2D eigenvalue weighted by atomic mass is 10.0. The second kappa shape index (κ2) is 8.13. The van der Waals surface area contributed by atoms with E-state index < -0.39 is 0 Å². The van der Waals surface area contributed by atoms with Gasteiger partial charge in [-0.3, -0.25) is 4.79 Å². The van der Waals surface area contributed by atoms with E-state index in [2.05, 4.69) is 10.3 Å². The van der Waals surface area contributed by atoms with Crippen molar-refractivity contribution in [3.05, 3.63) is 63.9 Å². The van der Waals surface area contributed by atoms with Gasteiger partial charge in [-0.05, 0) is 30.5 Å². The Balaban J connectivity index is 2.19. The highest BCUT2D eigenvalue weighted by Crippen LogP contribution is 2.21. The number of carbonyl (C=O) groups is 1. The van der Waals surface area contributed by atoms with Gasteiger partial charge in [-0.15, -0.1) is 0 Å². The summed E-state index contributed by atoms with van der Waals surface area (Å²) in [5.74, 6) is -0.390. The first kappa shape index (κ1) is 16.7. The van der Waals surface area contributed by atoms with Crippen molar-refractivity contribution in [3.63, 3.8) is 0 Å². The van der Waals surface area contributed by atoms with Gasteiger partial charge in [-0.25, -0.2) is 4.98 Å². The summed E-state index contributed by atoms with van der Waals surface area (Å²) in [6, 6.07) is 12.4. The number of nitrogens with one attached hydrogen (secondary N) is 1. The SMILES string of the molecule is O=C(NC(CCCO)c1ccccc1)c1nc(Cl)ccc1Cl. The molecule has 0 aliphatic heterocycles. The molecule has 0 aliphatic carbocycles. The lowest BCUT2D eigenvalue weighted by Crippen LogP contribution is -2.29. The van der Waals surface area contributed by atoms with Crippen LogP contribution in [0.3, 0.4) is 0 Å². The second-order valence-electron chi connectivity index (χ2n) is 4.77. The molecule has 1 atom stereocenters. The van der Waals surface area contributed by atoms with Crippen molar-refractivity contribution in [1.82, 2.24) is 10.3 Å². The maximum atomic E-state index is 12.4. The number of benzene rings is 1. The fraction of sp³-hybridized carbons (Fsp3) is 0.250. The molecular weight excluding hydrogens is 323 g/mol. The zero-order chi connectivity index (χ0) is 15.9. The highest BCUT2D eigenvalue weighted by atomic mass is 35.5. The lowest BCUT2D eigenvalue weighted by Gasteiger charge is -2.19. The number of aliphatic hydroxyl groups excluding tert-OH is 1. The molecule has 1 aromatic carbocycles. The monoisotopic (exact) mass is 338 g/mol. The Hall–Kier alpha value is -1.62. The van der Waals surface area contributed by atoms with E-state index in [9.17, 15) is 4.79 Å². The topological polar surface area (TPSA) is 62.2 Å². The Kier molecular flexibility index (Phi) is 6.19. The average Bonchev–Trinajstić information content (AvgIpc) is 2.54. The Morgan fingerprint density at radius 3 is 2.59 bits per heavy atom. The highest BCUT2D eigenvalue weighted by Gasteiger charge is 2.18. The van der Waals surface area contributed by atoms with Gasteiger partial charge in [0, 0.05) is 6.61 Å². The molecule has 0 saturated carbocycles. The van der Waals surface area contributed by atoms with Crippen LogP contribution in [-0.2, 0) is 0 Å². The number of aromatic nitrogens is 1. The molecule has 22 heavy (non-hydrogen) atoms. The Morgan fingerprint density at radius 1 is 1.18 bits per heavy atom. The van der Waals surface area contributed by atoms with Gasteiger partial charge >= 0.3 is 0 Å². The largest absolute Gasteiger partial charge is 0.396 e. The summed E-state index contributed by atoms with van der Waals surface area (Å²) < 4.78 is 0. The molecule has 116 valence electrons. The van der Waals surface area contributed by atoms with Crippen LogP contribution < -0.4 is 5.32 Å². The fourth-order valence-electron chi connectivity index (χ4n) is 2.11. The minimum atomic E-state index is -0.390. The zero-order valence-corrected chi connectivity index (χ0v) is 13.3. The molecule has 1 amide bonds. The van der Waals surface area contributed by atoms with Crippen molar-refractivity contribution >= 4 is 29.1 Å². The van der Waals surface area contributed by atoms with E-state index in [1.807, 2.05) is 30.3 Å². The summed E-state index contributed by atoms with van der Waals surface area (Å²) in [4.78, 5) is 16.4. The first-order valence-corrected chi connectivity index (χ1v) is 7.66. The third kappa shape index (κ3) is 4.44. The van der Waals surface area contributed by atoms with E-state index in [0.717, 1.165) is 5.56 Å². The van der Waals surface area contributed by atoms with Crippen LogP contribution in [0.4, 0.5) is 0 Å². The van der Waals surface area contributed by atoms with Crippen molar-refractivity contribution in [2.75, 3.05) is 6.61 Å². The normalized spacial score (nSPS) is 12.0. The third-order valence-electron chi connectivity index (χ3n) is 3.19. The van der Waals surface area contributed by atoms with Gasteiger partial charge in [-0.2, -0.15) is 0 Å². The van der Waals surface area contributed by atoms with Gasteiger partial charge in [-0.1, -0.05) is 53.5 Å².